The number of nitrogen functional groups attached to an aromatic ring is 1. The molecule has 2 saturated heterocycles. The fourth-order valence-corrected chi connectivity index (χ4v) is 3.65. The lowest BCUT2D eigenvalue weighted by molar-refractivity contribution is -0.0446. The molecule has 0 bridgehead atoms. The fraction of sp³-hybridized carbons (Fsp3) is 0.579. The van der Waals surface area contributed by atoms with Crippen LogP contribution in [0.25, 0.3) is 11.4 Å². The standard InChI is InChI=1S/C19H24F2N6O3/c1-10-8-28-9-11(2)27(10)18-24-17(13-7-23-14(22)6-12(13)16(20)21)25-19(26-18)30-15-4-3-5-29-15/h6-7,10-11,15-16H,3-5,8-9H2,1-2H3,(H2,22,23)/t10-,11+,15?. The molecule has 2 aliphatic heterocycles. The Morgan fingerprint density at radius 3 is 2.63 bits per heavy atom. The van der Waals surface area contributed by atoms with Crippen molar-refractivity contribution < 1.29 is 23.0 Å². The summed E-state index contributed by atoms with van der Waals surface area (Å²) < 4.78 is 44.2. The van der Waals surface area contributed by atoms with Gasteiger partial charge in [-0.25, -0.2) is 13.8 Å². The van der Waals surface area contributed by atoms with Crippen LogP contribution in [0, 0.1) is 0 Å². The van der Waals surface area contributed by atoms with Crippen molar-refractivity contribution in [2.45, 2.75) is 51.5 Å². The number of halogens is 2. The summed E-state index contributed by atoms with van der Waals surface area (Å²) in [6.45, 7) is 5.55. The number of nitrogens with two attached hydrogens (primary N) is 1. The third-order valence-corrected chi connectivity index (χ3v) is 5.06. The molecular formula is C19H24F2N6O3. The lowest BCUT2D eigenvalue weighted by Gasteiger charge is -2.38. The van der Waals surface area contributed by atoms with Crippen molar-refractivity contribution in [2.24, 2.45) is 0 Å². The summed E-state index contributed by atoms with van der Waals surface area (Å²) in [6, 6.07) is 1.12. The third kappa shape index (κ3) is 4.26. The van der Waals surface area contributed by atoms with Crippen LogP contribution in [0.2, 0.25) is 0 Å². The molecule has 0 amide bonds. The van der Waals surface area contributed by atoms with Crippen LogP contribution in [-0.4, -0.2) is 58.1 Å². The van der Waals surface area contributed by atoms with Gasteiger partial charge < -0.3 is 24.8 Å². The van der Waals surface area contributed by atoms with Crippen molar-refractivity contribution in [1.82, 2.24) is 19.9 Å². The SMILES string of the molecule is C[C@@H]1COC[C@H](C)N1c1nc(OC2CCCO2)nc(-c2cnc(N)cc2C(F)F)n1. The van der Waals surface area contributed by atoms with Crippen LogP contribution < -0.4 is 15.4 Å². The number of alkyl halides is 2. The number of rotatable bonds is 5. The fourth-order valence-electron chi connectivity index (χ4n) is 3.65. The van der Waals surface area contributed by atoms with Crippen molar-refractivity contribution >= 4 is 11.8 Å². The van der Waals surface area contributed by atoms with Gasteiger partial charge in [-0.05, 0) is 26.3 Å². The number of ether oxygens (including phenoxy) is 3. The number of hydrogen-bond donors (Lipinski definition) is 1. The smallest absolute Gasteiger partial charge is 0.324 e. The highest BCUT2D eigenvalue weighted by molar-refractivity contribution is 5.63. The van der Waals surface area contributed by atoms with Crippen molar-refractivity contribution in [1.29, 1.82) is 0 Å². The summed E-state index contributed by atoms with van der Waals surface area (Å²) in [7, 11) is 0. The monoisotopic (exact) mass is 422 g/mol. The second-order valence-electron chi connectivity index (χ2n) is 7.44. The molecule has 0 saturated carbocycles. The third-order valence-electron chi connectivity index (χ3n) is 5.06. The summed E-state index contributed by atoms with van der Waals surface area (Å²) >= 11 is 0. The highest BCUT2D eigenvalue weighted by Gasteiger charge is 2.30. The zero-order chi connectivity index (χ0) is 21.3. The molecule has 2 aromatic heterocycles. The van der Waals surface area contributed by atoms with Gasteiger partial charge in [0.25, 0.3) is 6.43 Å². The number of morpholine rings is 1. The van der Waals surface area contributed by atoms with Gasteiger partial charge >= 0.3 is 6.01 Å². The Morgan fingerprint density at radius 2 is 1.97 bits per heavy atom. The van der Waals surface area contributed by atoms with E-state index in [2.05, 4.69) is 19.9 Å². The van der Waals surface area contributed by atoms with E-state index in [4.69, 9.17) is 19.9 Å². The van der Waals surface area contributed by atoms with Gasteiger partial charge in [0.2, 0.25) is 12.2 Å². The molecule has 0 aromatic carbocycles. The lowest BCUT2D eigenvalue weighted by Crippen LogP contribution is -2.50. The Bertz CT molecular complexity index is 887. The minimum absolute atomic E-state index is 0.00502. The lowest BCUT2D eigenvalue weighted by atomic mass is 10.1. The van der Waals surface area contributed by atoms with E-state index in [1.807, 2.05) is 18.7 Å². The van der Waals surface area contributed by atoms with Gasteiger partial charge in [0.1, 0.15) is 5.82 Å². The van der Waals surface area contributed by atoms with E-state index in [-0.39, 0.29) is 40.9 Å². The molecule has 0 spiro atoms. The highest BCUT2D eigenvalue weighted by Crippen LogP contribution is 2.32. The summed E-state index contributed by atoms with van der Waals surface area (Å²) in [5, 5.41) is 0. The molecule has 0 radical (unpaired) electrons. The highest BCUT2D eigenvalue weighted by atomic mass is 19.3. The average molecular weight is 422 g/mol. The molecule has 2 N–H and O–H groups in total. The first-order chi connectivity index (χ1) is 14.4. The molecule has 2 fully saturated rings. The van der Waals surface area contributed by atoms with Crippen LogP contribution in [0.4, 0.5) is 20.5 Å². The van der Waals surface area contributed by atoms with E-state index in [0.29, 0.717) is 32.2 Å². The predicted octanol–water partition coefficient (Wildman–Crippen LogP) is 2.58. The maximum Gasteiger partial charge on any atom is 0.324 e. The molecule has 11 heteroatoms. The quantitative estimate of drug-likeness (QED) is 0.777. The molecule has 162 valence electrons. The zero-order valence-corrected chi connectivity index (χ0v) is 16.8. The van der Waals surface area contributed by atoms with Crippen LogP contribution in [0.3, 0.4) is 0 Å². The van der Waals surface area contributed by atoms with Gasteiger partial charge in [-0.15, -0.1) is 0 Å². The van der Waals surface area contributed by atoms with Crippen molar-refractivity contribution in [3.63, 3.8) is 0 Å². The second-order valence-corrected chi connectivity index (χ2v) is 7.44. The zero-order valence-electron chi connectivity index (χ0n) is 16.8. The maximum absolute atomic E-state index is 13.7. The number of pyridine rings is 1. The summed E-state index contributed by atoms with van der Waals surface area (Å²) in [5.41, 5.74) is 5.38. The molecule has 4 rings (SSSR count). The van der Waals surface area contributed by atoms with E-state index in [1.54, 1.807) is 0 Å². The first-order valence-electron chi connectivity index (χ1n) is 9.86. The summed E-state index contributed by atoms with van der Waals surface area (Å²) in [5.74, 6) is 0.365. The van der Waals surface area contributed by atoms with Gasteiger partial charge in [0, 0.05) is 23.7 Å². The van der Waals surface area contributed by atoms with Gasteiger partial charge in [-0.1, -0.05) is 0 Å². The molecule has 30 heavy (non-hydrogen) atoms. The van der Waals surface area contributed by atoms with Gasteiger partial charge in [0.05, 0.1) is 31.9 Å². The Hall–Kier alpha value is -2.66. The largest absolute Gasteiger partial charge is 0.433 e. The minimum atomic E-state index is -2.77. The molecule has 2 aliphatic rings. The van der Waals surface area contributed by atoms with E-state index in [9.17, 15) is 8.78 Å². The first-order valence-corrected chi connectivity index (χ1v) is 9.86. The molecule has 1 unspecified atom stereocenters. The Labute approximate surface area is 172 Å². The normalized spacial score (nSPS) is 24.4. The van der Waals surface area contributed by atoms with Crippen LogP contribution in [0.5, 0.6) is 6.01 Å². The maximum atomic E-state index is 13.7. The molecular weight excluding hydrogens is 398 g/mol. The Kier molecular flexibility index (Phi) is 5.91. The number of aromatic nitrogens is 4. The van der Waals surface area contributed by atoms with Crippen molar-refractivity contribution in [3.05, 3.63) is 17.8 Å². The van der Waals surface area contributed by atoms with Crippen LogP contribution in [0.1, 0.15) is 38.7 Å². The second kappa shape index (κ2) is 8.60. The number of hydrogen-bond acceptors (Lipinski definition) is 9. The molecule has 3 atom stereocenters. The van der Waals surface area contributed by atoms with Crippen molar-refractivity contribution in [2.75, 3.05) is 30.5 Å². The predicted molar refractivity (Wildman–Crippen MR) is 104 cm³/mol. The Balaban J connectivity index is 1.79. The van der Waals surface area contributed by atoms with Crippen LogP contribution >= 0.6 is 0 Å². The molecule has 2 aromatic rings. The molecule has 0 aliphatic carbocycles. The number of nitrogens with zero attached hydrogens (tertiary/aromatic N) is 5. The van der Waals surface area contributed by atoms with Gasteiger partial charge in [0.15, 0.2) is 5.82 Å². The summed E-state index contributed by atoms with van der Waals surface area (Å²) in [4.78, 5) is 19.2. The first kappa shape index (κ1) is 20.6. The van der Waals surface area contributed by atoms with Crippen LogP contribution in [0.15, 0.2) is 12.3 Å². The summed E-state index contributed by atoms with van der Waals surface area (Å²) in [6.07, 6.45) is -0.435. The van der Waals surface area contributed by atoms with E-state index in [1.165, 1.54) is 6.20 Å². The topological polar surface area (TPSA) is 109 Å². The molecule has 4 heterocycles. The van der Waals surface area contributed by atoms with Gasteiger partial charge in [-0.3, -0.25) is 0 Å². The average Bonchev–Trinajstić information content (AvgIpc) is 3.20. The van der Waals surface area contributed by atoms with Crippen LogP contribution in [-0.2, 0) is 9.47 Å². The van der Waals surface area contributed by atoms with Gasteiger partial charge in [-0.2, -0.15) is 15.0 Å². The minimum Gasteiger partial charge on any atom is -0.433 e. The Morgan fingerprint density at radius 1 is 1.20 bits per heavy atom. The number of anilines is 2. The van der Waals surface area contributed by atoms with E-state index in [0.717, 1.165) is 12.5 Å². The molecule has 9 nitrogen and oxygen atoms in total. The van der Waals surface area contributed by atoms with Crippen molar-refractivity contribution in [3.8, 4) is 17.4 Å². The van der Waals surface area contributed by atoms with E-state index >= 15 is 0 Å². The van der Waals surface area contributed by atoms with E-state index < -0.39 is 12.7 Å².